The summed E-state index contributed by atoms with van der Waals surface area (Å²) in [6.45, 7) is -0.368. The molecule has 2 aromatic carbocycles. The number of hydrogen-bond donors (Lipinski definition) is 2. The highest BCUT2D eigenvalue weighted by Crippen LogP contribution is 2.27. The molecule has 0 atom stereocenters. The van der Waals surface area contributed by atoms with Gasteiger partial charge in [0.1, 0.15) is 11.5 Å². The first-order chi connectivity index (χ1) is 11.9. The molecular weight excluding hydrogens is 391 g/mol. The Bertz CT molecular complexity index is 799. The first-order valence-corrected chi connectivity index (χ1v) is 8.04. The highest BCUT2D eigenvalue weighted by Gasteiger charge is 2.14. The van der Waals surface area contributed by atoms with Crippen LogP contribution in [0.15, 0.2) is 36.4 Å². The molecule has 0 aliphatic heterocycles. The molecule has 0 unspecified atom stereocenters. The molecule has 0 saturated heterocycles. The zero-order valence-corrected chi connectivity index (χ0v) is 15.2. The van der Waals surface area contributed by atoms with Gasteiger partial charge in [0.25, 0.3) is 11.8 Å². The highest BCUT2D eigenvalue weighted by atomic mass is 35.5. The van der Waals surface area contributed by atoms with Crippen molar-refractivity contribution in [2.75, 3.05) is 13.7 Å². The molecule has 2 aromatic rings. The van der Waals surface area contributed by atoms with Crippen LogP contribution in [0.2, 0.25) is 15.1 Å². The number of halogens is 3. The zero-order chi connectivity index (χ0) is 18.4. The fraction of sp³-hybridized carbons (Fsp3) is 0.125. The fourth-order valence-electron chi connectivity index (χ4n) is 1.82. The molecule has 6 nitrogen and oxygen atoms in total. The summed E-state index contributed by atoms with van der Waals surface area (Å²) in [6.07, 6.45) is 0. The number of ether oxygens (including phenoxy) is 2. The Balaban J connectivity index is 1.90. The quantitative estimate of drug-likeness (QED) is 0.749. The molecule has 2 rings (SSSR count). The molecule has 0 saturated carbocycles. The monoisotopic (exact) mass is 402 g/mol. The summed E-state index contributed by atoms with van der Waals surface area (Å²) >= 11 is 17.6. The van der Waals surface area contributed by atoms with Crippen LogP contribution in [-0.4, -0.2) is 25.5 Å². The van der Waals surface area contributed by atoms with Gasteiger partial charge in [-0.3, -0.25) is 20.4 Å². The summed E-state index contributed by atoms with van der Waals surface area (Å²) in [6, 6.07) is 9.16. The minimum Gasteiger partial charge on any atom is -0.496 e. The molecule has 0 aromatic heterocycles. The van der Waals surface area contributed by atoms with Crippen LogP contribution in [-0.2, 0) is 4.79 Å². The maximum Gasteiger partial charge on any atom is 0.276 e. The normalized spacial score (nSPS) is 10.1. The van der Waals surface area contributed by atoms with E-state index >= 15 is 0 Å². The molecule has 2 N–H and O–H groups in total. The SMILES string of the molecule is COc1ccc(Cl)cc1C(=O)NNC(=O)COc1cc(Cl)ccc1Cl. The average molecular weight is 404 g/mol. The molecular formula is C16H13Cl3N2O4. The molecule has 2 amide bonds. The van der Waals surface area contributed by atoms with Gasteiger partial charge in [0.15, 0.2) is 6.61 Å². The van der Waals surface area contributed by atoms with Crippen LogP contribution in [0.4, 0.5) is 0 Å². The van der Waals surface area contributed by atoms with Crippen molar-refractivity contribution in [1.29, 1.82) is 0 Å². The highest BCUT2D eigenvalue weighted by molar-refractivity contribution is 6.34. The lowest BCUT2D eigenvalue weighted by atomic mass is 10.2. The van der Waals surface area contributed by atoms with Crippen molar-refractivity contribution in [2.24, 2.45) is 0 Å². The summed E-state index contributed by atoms with van der Waals surface area (Å²) in [5, 5.41) is 1.09. The Morgan fingerprint density at radius 1 is 0.960 bits per heavy atom. The van der Waals surface area contributed by atoms with Gasteiger partial charge in [-0.25, -0.2) is 0 Å². The number of methoxy groups -OCH3 is 1. The lowest BCUT2D eigenvalue weighted by Gasteiger charge is -2.11. The van der Waals surface area contributed by atoms with Gasteiger partial charge in [0.2, 0.25) is 0 Å². The number of benzene rings is 2. The van der Waals surface area contributed by atoms with E-state index < -0.39 is 11.8 Å². The first-order valence-electron chi connectivity index (χ1n) is 6.91. The van der Waals surface area contributed by atoms with Gasteiger partial charge >= 0.3 is 0 Å². The standard InChI is InChI=1S/C16H13Cl3N2O4/c1-24-13-5-3-9(17)6-11(13)16(23)21-20-15(22)8-25-14-7-10(18)2-4-12(14)19/h2-7H,8H2,1H3,(H,20,22)(H,21,23). The molecule has 0 bridgehead atoms. The van der Waals surface area contributed by atoms with E-state index in [2.05, 4.69) is 10.9 Å². The minimum atomic E-state index is -0.592. The van der Waals surface area contributed by atoms with Crippen LogP contribution in [0.3, 0.4) is 0 Å². The van der Waals surface area contributed by atoms with E-state index in [1.807, 2.05) is 0 Å². The van der Waals surface area contributed by atoms with Gasteiger partial charge in [0, 0.05) is 16.1 Å². The molecule has 25 heavy (non-hydrogen) atoms. The zero-order valence-electron chi connectivity index (χ0n) is 12.9. The van der Waals surface area contributed by atoms with E-state index in [1.54, 1.807) is 24.3 Å². The van der Waals surface area contributed by atoms with Crippen LogP contribution in [0, 0.1) is 0 Å². The molecule has 0 heterocycles. The first kappa shape index (κ1) is 19.2. The summed E-state index contributed by atoms with van der Waals surface area (Å²) in [5.41, 5.74) is 4.64. The Morgan fingerprint density at radius 3 is 2.36 bits per heavy atom. The van der Waals surface area contributed by atoms with E-state index in [-0.39, 0.29) is 17.9 Å². The van der Waals surface area contributed by atoms with Crippen molar-refractivity contribution in [3.63, 3.8) is 0 Å². The maximum atomic E-state index is 12.1. The Kier molecular flexibility index (Phi) is 6.75. The van der Waals surface area contributed by atoms with Crippen molar-refractivity contribution < 1.29 is 19.1 Å². The summed E-state index contributed by atoms with van der Waals surface area (Å²) in [7, 11) is 1.42. The van der Waals surface area contributed by atoms with E-state index in [0.717, 1.165) is 0 Å². The lowest BCUT2D eigenvalue weighted by molar-refractivity contribution is -0.123. The van der Waals surface area contributed by atoms with E-state index in [1.165, 1.54) is 19.2 Å². The number of carbonyl (C=O) groups excluding carboxylic acids is 2. The van der Waals surface area contributed by atoms with Crippen molar-refractivity contribution in [1.82, 2.24) is 10.9 Å². The second-order valence-corrected chi connectivity index (χ2v) is 5.99. The summed E-state index contributed by atoms with van der Waals surface area (Å²) < 4.78 is 10.3. The minimum absolute atomic E-state index is 0.175. The molecule has 0 aliphatic rings. The summed E-state index contributed by atoms with van der Waals surface area (Å²) in [5.74, 6) is -0.607. The lowest BCUT2D eigenvalue weighted by Crippen LogP contribution is -2.43. The predicted molar refractivity (Wildman–Crippen MR) is 95.6 cm³/mol. The Labute approximate surface area is 158 Å². The second kappa shape index (κ2) is 8.80. The predicted octanol–water partition coefficient (Wildman–Crippen LogP) is 3.50. The van der Waals surface area contributed by atoms with Crippen molar-refractivity contribution in [3.05, 3.63) is 57.0 Å². The van der Waals surface area contributed by atoms with Gasteiger partial charge in [-0.1, -0.05) is 34.8 Å². The van der Waals surface area contributed by atoms with Crippen LogP contribution in [0.1, 0.15) is 10.4 Å². The van der Waals surface area contributed by atoms with Crippen molar-refractivity contribution >= 4 is 46.6 Å². The topological polar surface area (TPSA) is 76.7 Å². The molecule has 9 heteroatoms. The number of hydrogen-bond acceptors (Lipinski definition) is 4. The van der Waals surface area contributed by atoms with Crippen molar-refractivity contribution in [2.45, 2.75) is 0 Å². The fourth-order valence-corrected chi connectivity index (χ4v) is 2.32. The maximum absolute atomic E-state index is 12.1. The number of nitrogens with one attached hydrogen (secondary N) is 2. The van der Waals surface area contributed by atoms with Gasteiger partial charge in [-0.2, -0.15) is 0 Å². The van der Waals surface area contributed by atoms with E-state index in [9.17, 15) is 9.59 Å². The summed E-state index contributed by atoms with van der Waals surface area (Å²) in [4.78, 5) is 23.9. The van der Waals surface area contributed by atoms with Gasteiger partial charge in [-0.15, -0.1) is 0 Å². The van der Waals surface area contributed by atoms with Crippen LogP contribution >= 0.6 is 34.8 Å². The van der Waals surface area contributed by atoms with Crippen LogP contribution in [0.25, 0.3) is 0 Å². The number of amides is 2. The smallest absolute Gasteiger partial charge is 0.276 e. The van der Waals surface area contributed by atoms with Crippen LogP contribution in [0.5, 0.6) is 11.5 Å². The third-order valence-corrected chi connectivity index (χ3v) is 3.76. The van der Waals surface area contributed by atoms with E-state index in [0.29, 0.717) is 20.8 Å². The molecule has 0 fully saturated rings. The molecule has 0 spiro atoms. The molecule has 0 aliphatic carbocycles. The third kappa shape index (κ3) is 5.42. The van der Waals surface area contributed by atoms with Gasteiger partial charge in [0.05, 0.1) is 17.7 Å². The third-order valence-electron chi connectivity index (χ3n) is 2.97. The van der Waals surface area contributed by atoms with Gasteiger partial charge in [-0.05, 0) is 30.3 Å². The second-order valence-electron chi connectivity index (χ2n) is 4.71. The van der Waals surface area contributed by atoms with Gasteiger partial charge < -0.3 is 9.47 Å². The Morgan fingerprint density at radius 2 is 1.64 bits per heavy atom. The number of rotatable bonds is 5. The number of hydrazine groups is 1. The van der Waals surface area contributed by atoms with Crippen LogP contribution < -0.4 is 20.3 Å². The van der Waals surface area contributed by atoms with Crippen molar-refractivity contribution in [3.8, 4) is 11.5 Å². The largest absolute Gasteiger partial charge is 0.496 e. The Hall–Kier alpha value is -2.15. The molecule has 0 radical (unpaired) electrons. The number of carbonyl (C=O) groups is 2. The van der Waals surface area contributed by atoms with E-state index in [4.69, 9.17) is 44.3 Å². The molecule has 132 valence electrons. The average Bonchev–Trinajstić information content (AvgIpc) is 2.60.